The molecule has 4 rings (SSSR count). The number of nitrogens with zero attached hydrogens (tertiary/aromatic N) is 2. The van der Waals surface area contributed by atoms with Gasteiger partial charge in [-0.15, -0.1) is 0 Å². The molecule has 2 aromatic rings. The van der Waals surface area contributed by atoms with Gasteiger partial charge in [0.1, 0.15) is 5.82 Å². The lowest BCUT2D eigenvalue weighted by Crippen LogP contribution is -2.37. The van der Waals surface area contributed by atoms with Crippen LogP contribution in [-0.2, 0) is 17.6 Å². The second kappa shape index (κ2) is 4.84. The molecule has 0 unspecified atom stereocenters. The summed E-state index contributed by atoms with van der Waals surface area (Å²) in [7, 11) is 0. The van der Waals surface area contributed by atoms with Crippen molar-refractivity contribution in [3.63, 3.8) is 0 Å². The molecule has 0 amide bonds. The van der Waals surface area contributed by atoms with Gasteiger partial charge in [0.25, 0.3) is 5.56 Å². The number of hydrogen-bond donors (Lipinski definition) is 1. The number of aromatic amines is 1. The van der Waals surface area contributed by atoms with E-state index < -0.39 is 0 Å². The normalized spacial score (nSPS) is 18.2. The zero-order chi connectivity index (χ0) is 14.4. The monoisotopic (exact) mass is 285 g/mol. The number of H-pyrrole nitrogens is 1. The van der Waals surface area contributed by atoms with Gasteiger partial charge in [0.05, 0.1) is 24.1 Å². The molecule has 1 aromatic heterocycles. The molecule has 110 valence electrons. The van der Waals surface area contributed by atoms with Gasteiger partial charge >= 0.3 is 0 Å². The molecule has 5 nitrogen and oxygen atoms in total. The first kappa shape index (κ1) is 12.8. The highest BCUT2D eigenvalue weighted by Crippen LogP contribution is 2.36. The lowest BCUT2D eigenvalue weighted by atomic mass is 10.0. The van der Waals surface area contributed by atoms with Gasteiger partial charge in [-0.2, -0.15) is 0 Å². The van der Waals surface area contributed by atoms with E-state index in [9.17, 15) is 4.79 Å². The molecule has 0 spiro atoms. The van der Waals surface area contributed by atoms with Crippen LogP contribution in [0.15, 0.2) is 10.9 Å². The Hall–Kier alpha value is -1.88. The summed E-state index contributed by atoms with van der Waals surface area (Å²) in [6, 6.07) is 2.04. The zero-order valence-corrected chi connectivity index (χ0v) is 12.2. The third-order valence-electron chi connectivity index (χ3n) is 4.52. The predicted molar refractivity (Wildman–Crippen MR) is 82.2 cm³/mol. The van der Waals surface area contributed by atoms with E-state index in [1.165, 1.54) is 16.8 Å². The molecule has 1 fully saturated rings. The van der Waals surface area contributed by atoms with Crippen LogP contribution in [0.5, 0.6) is 0 Å². The number of fused-ring (bicyclic) bond motifs is 3. The lowest BCUT2D eigenvalue weighted by molar-refractivity contribution is 0.122. The fourth-order valence-corrected chi connectivity index (χ4v) is 3.56. The van der Waals surface area contributed by atoms with E-state index in [0.717, 1.165) is 56.5 Å². The first-order valence-corrected chi connectivity index (χ1v) is 7.62. The summed E-state index contributed by atoms with van der Waals surface area (Å²) in [5.41, 5.74) is 4.77. The van der Waals surface area contributed by atoms with Gasteiger partial charge in [0.15, 0.2) is 0 Å². The summed E-state index contributed by atoms with van der Waals surface area (Å²) in [4.78, 5) is 22.1. The Labute approximate surface area is 122 Å². The van der Waals surface area contributed by atoms with Gasteiger partial charge in [-0.05, 0) is 43.4 Å². The number of benzene rings is 1. The molecule has 21 heavy (non-hydrogen) atoms. The van der Waals surface area contributed by atoms with E-state index >= 15 is 0 Å². The number of aromatic nitrogens is 2. The van der Waals surface area contributed by atoms with E-state index in [2.05, 4.69) is 14.9 Å². The van der Waals surface area contributed by atoms with Crippen molar-refractivity contribution in [1.82, 2.24) is 9.97 Å². The average molecular weight is 285 g/mol. The van der Waals surface area contributed by atoms with Crippen LogP contribution in [0, 0.1) is 6.92 Å². The molecule has 0 radical (unpaired) electrons. The second-order valence-electron chi connectivity index (χ2n) is 5.85. The largest absolute Gasteiger partial charge is 0.378 e. The number of ether oxygens (including phenoxy) is 1. The van der Waals surface area contributed by atoms with Crippen molar-refractivity contribution >= 4 is 16.6 Å². The van der Waals surface area contributed by atoms with Crippen LogP contribution in [-0.4, -0.2) is 36.3 Å². The van der Waals surface area contributed by atoms with Crippen molar-refractivity contribution in [2.75, 3.05) is 31.2 Å². The van der Waals surface area contributed by atoms with Gasteiger partial charge in [0, 0.05) is 18.8 Å². The van der Waals surface area contributed by atoms with Crippen molar-refractivity contribution < 1.29 is 4.74 Å². The average Bonchev–Trinajstić information content (AvgIpc) is 2.97. The molecule has 2 heterocycles. The van der Waals surface area contributed by atoms with E-state index in [-0.39, 0.29) is 5.56 Å². The Bertz CT molecular complexity index is 760. The number of nitrogens with one attached hydrogen (secondary N) is 1. The molecule has 1 aliphatic carbocycles. The first-order valence-electron chi connectivity index (χ1n) is 7.62. The maximum Gasteiger partial charge on any atom is 0.258 e. The van der Waals surface area contributed by atoms with Crippen LogP contribution >= 0.6 is 0 Å². The number of anilines is 1. The van der Waals surface area contributed by atoms with E-state index in [1.807, 2.05) is 13.0 Å². The van der Waals surface area contributed by atoms with Crippen LogP contribution in [0.2, 0.25) is 0 Å². The standard InChI is InChI=1S/C16H19N3O2/c1-10-17-15-12-4-2-3-11(12)14(9-13(15)16(20)18-10)19-5-7-21-8-6-19/h9H,2-8H2,1H3,(H,17,18,20). The molecule has 1 N–H and O–H groups in total. The number of hydrogen-bond acceptors (Lipinski definition) is 4. The van der Waals surface area contributed by atoms with Crippen molar-refractivity contribution in [2.45, 2.75) is 26.2 Å². The summed E-state index contributed by atoms with van der Waals surface area (Å²) < 4.78 is 5.45. The molecule has 1 aromatic carbocycles. The zero-order valence-electron chi connectivity index (χ0n) is 12.2. The topological polar surface area (TPSA) is 58.2 Å². The quantitative estimate of drug-likeness (QED) is 0.864. The predicted octanol–water partition coefficient (Wildman–Crippen LogP) is 1.56. The van der Waals surface area contributed by atoms with Gasteiger partial charge < -0.3 is 14.6 Å². The van der Waals surface area contributed by atoms with Crippen LogP contribution < -0.4 is 10.5 Å². The summed E-state index contributed by atoms with van der Waals surface area (Å²) in [5.74, 6) is 0.695. The minimum absolute atomic E-state index is 0.0262. The maximum atomic E-state index is 12.3. The SMILES string of the molecule is Cc1nc2c3c(c(N4CCOCC4)cc2c(=O)[nH]1)CCC3. The van der Waals surface area contributed by atoms with Crippen molar-refractivity contribution in [3.8, 4) is 0 Å². The smallest absolute Gasteiger partial charge is 0.258 e. The minimum atomic E-state index is -0.0262. The Morgan fingerprint density at radius 3 is 2.81 bits per heavy atom. The van der Waals surface area contributed by atoms with E-state index in [4.69, 9.17) is 4.74 Å². The molecular weight excluding hydrogens is 266 g/mol. The molecule has 1 aliphatic heterocycles. The molecule has 1 saturated heterocycles. The van der Waals surface area contributed by atoms with Crippen LogP contribution in [0.3, 0.4) is 0 Å². The number of morpholine rings is 1. The first-order chi connectivity index (χ1) is 10.2. The minimum Gasteiger partial charge on any atom is -0.378 e. The van der Waals surface area contributed by atoms with Crippen LogP contribution in [0.4, 0.5) is 5.69 Å². The van der Waals surface area contributed by atoms with Gasteiger partial charge in [-0.3, -0.25) is 4.79 Å². The van der Waals surface area contributed by atoms with Crippen molar-refractivity contribution in [1.29, 1.82) is 0 Å². The number of rotatable bonds is 1. The van der Waals surface area contributed by atoms with E-state index in [0.29, 0.717) is 5.82 Å². The Kier molecular flexibility index (Phi) is 2.96. The van der Waals surface area contributed by atoms with Crippen molar-refractivity contribution in [3.05, 3.63) is 33.4 Å². The fraction of sp³-hybridized carbons (Fsp3) is 0.500. The molecule has 2 aliphatic rings. The van der Waals surface area contributed by atoms with Crippen LogP contribution in [0.1, 0.15) is 23.4 Å². The molecule has 0 atom stereocenters. The molecule has 0 saturated carbocycles. The molecule has 5 heteroatoms. The Morgan fingerprint density at radius 1 is 1.24 bits per heavy atom. The lowest BCUT2D eigenvalue weighted by Gasteiger charge is -2.31. The summed E-state index contributed by atoms with van der Waals surface area (Å²) in [6.45, 7) is 5.16. The fourth-order valence-electron chi connectivity index (χ4n) is 3.56. The number of aryl methyl sites for hydroxylation is 2. The van der Waals surface area contributed by atoms with Crippen LogP contribution in [0.25, 0.3) is 10.9 Å². The van der Waals surface area contributed by atoms with Gasteiger partial charge in [-0.25, -0.2) is 4.98 Å². The molecule has 0 bridgehead atoms. The third kappa shape index (κ3) is 2.03. The summed E-state index contributed by atoms with van der Waals surface area (Å²) >= 11 is 0. The highest BCUT2D eigenvalue weighted by molar-refractivity contribution is 5.88. The van der Waals surface area contributed by atoms with Gasteiger partial charge in [0.2, 0.25) is 0 Å². The summed E-state index contributed by atoms with van der Waals surface area (Å²) in [5, 5.41) is 0.725. The maximum absolute atomic E-state index is 12.3. The third-order valence-corrected chi connectivity index (χ3v) is 4.52. The van der Waals surface area contributed by atoms with E-state index in [1.54, 1.807) is 0 Å². The highest BCUT2D eigenvalue weighted by Gasteiger charge is 2.24. The molecular formula is C16H19N3O2. The second-order valence-corrected chi connectivity index (χ2v) is 5.85. The summed E-state index contributed by atoms with van der Waals surface area (Å²) in [6.07, 6.45) is 3.27. The Balaban J connectivity index is 1.98. The van der Waals surface area contributed by atoms with Crippen molar-refractivity contribution in [2.24, 2.45) is 0 Å². The highest BCUT2D eigenvalue weighted by atomic mass is 16.5. The van der Waals surface area contributed by atoms with Gasteiger partial charge in [-0.1, -0.05) is 0 Å². The Morgan fingerprint density at radius 2 is 2.00 bits per heavy atom.